The van der Waals surface area contributed by atoms with Crippen LogP contribution in [0.15, 0.2) is 0 Å². The van der Waals surface area contributed by atoms with Crippen LogP contribution >= 0.6 is 0 Å². The zero-order valence-corrected chi connectivity index (χ0v) is 33.6. The Kier molecular flexibility index (Phi) is 15.3. The molecule has 0 amide bonds. The van der Waals surface area contributed by atoms with Crippen LogP contribution in [0.3, 0.4) is 0 Å². The van der Waals surface area contributed by atoms with E-state index in [0.29, 0.717) is 13.0 Å². The Morgan fingerprint density at radius 3 is 2.06 bits per heavy atom. The van der Waals surface area contributed by atoms with Gasteiger partial charge in [0.15, 0.2) is 12.6 Å². The molecule has 3 aliphatic rings. The molecule has 3 heterocycles. The average molecular weight is 748 g/mol. The van der Waals surface area contributed by atoms with Gasteiger partial charge in [-0.05, 0) is 74.4 Å². The van der Waals surface area contributed by atoms with Crippen molar-refractivity contribution in [2.24, 2.45) is 23.7 Å². The molecule has 3 aliphatic heterocycles. The minimum Gasteiger partial charge on any atom is -0.459 e. The van der Waals surface area contributed by atoms with E-state index in [1.165, 1.54) is 27.9 Å². The van der Waals surface area contributed by atoms with Gasteiger partial charge in [0.2, 0.25) is 0 Å². The summed E-state index contributed by atoms with van der Waals surface area (Å²) in [6, 6.07) is -0.310. The molecule has 0 aliphatic carbocycles. The maximum Gasteiger partial charge on any atom is 0.311 e. The maximum atomic E-state index is 14.1. The molecule has 0 bridgehead atoms. The molecule has 3 saturated heterocycles. The fraction of sp³-hybridized carbons (Fsp3) is 0.947. The first-order valence-electron chi connectivity index (χ1n) is 19.1. The van der Waals surface area contributed by atoms with Crippen molar-refractivity contribution in [2.45, 2.75) is 186 Å². The molecule has 3 rings (SSSR count). The summed E-state index contributed by atoms with van der Waals surface area (Å²) in [5.41, 5.74) is -4.84. The van der Waals surface area contributed by atoms with E-state index in [1.807, 2.05) is 25.8 Å². The molecule has 0 saturated carbocycles. The molecule has 14 nitrogen and oxygen atoms in total. The summed E-state index contributed by atoms with van der Waals surface area (Å²) in [6.45, 7) is 19.0. The van der Waals surface area contributed by atoms with Crippen LogP contribution in [0.1, 0.15) is 102 Å². The SMILES string of the molecule is CC[C@H]1OC(=O)[C@H](C)[C@@H](O[C@H]2C[C@@](C)(OC)[C@@H](O)[C@H](C)O2)[C@H](C)[C@@H](O[C@@H]2O[C@H](C)C[C@H](N(C)CC)[C@H]2O)[C@](C)(O)C[C@@H](C)C(=O)[C@H](C)[C@@H](O)[C@]1(C)O. The van der Waals surface area contributed by atoms with Gasteiger partial charge in [0.05, 0.1) is 47.6 Å². The zero-order valence-electron chi connectivity index (χ0n) is 33.6. The highest BCUT2D eigenvalue weighted by Gasteiger charge is 2.53. The third-order valence-corrected chi connectivity index (χ3v) is 12.2. The molecule has 0 aromatic rings. The van der Waals surface area contributed by atoms with Crippen molar-refractivity contribution < 1.29 is 63.5 Å². The van der Waals surface area contributed by atoms with Crippen molar-refractivity contribution in [3.63, 3.8) is 0 Å². The standard InChI is InChI=1S/C38H69NO13/c1-14-26-38(11,46)31(42)21(5)28(40)19(3)17-36(9,45)33(52-35-29(41)25(39(12)15-2)16-20(4)48-35)22(6)30(23(7)34(44)50-26)51-27-18-37(10,47-13)32(43)24(8)49-27/h19-27,29-33,35,41-43,45-46H,14-18H2,1-13H3/t19-,20-,21+,22+,23-,24+,25+,26-,27+,29-,30+,31-,32+,33-,35+,36-,37-,38-/m1/s1. The maximum absolute atomic E-state index is 14.1. The summed E-state index contributed by atoms with van der Waals surface area (Å²) >= 11 is 0. The Hall–Kier alpha value is -1.30. The summed E-state index contributed by atoms with van der Waals surface area (Å²) in [6.07, 6.45) is -9.69. The lowest BCUT2D eigenvalue weighted by molar-refractivity contribution is -0.318. The molecule has 14 heteroatoms. The third kappa shape index (κ3) is 9.55. The molecule has 0 aromatic heterocycles. The molecule has 304 valence electrons. The van der Waals surface area contributed by atoms with Gasteiger partial charge in [0, 0.05) is 37.3 Å². The zero-order chi connectivity index (χ0) is 39.7. The monoisotopic (exact) mass is 747 g/mol. The predicted octanol–water partition coefficient (Wildman–Crippen LogP) is 2.18. The molecule has 0 spiro atoms. The number of cyclic esters (lactones) is 1. The van der Waals surface area contributed by atoms with Crippen molar-refractivity contribution >= 4 is 11.8 Å². The number of aliphatic hydroxyl groups excluding tert-OH is 3. The molecule has 52 heavy (non-hydrogen) atoms. The van der Waals surface area contributed by atoms with E-state index in [4.69, 9.17) is 28.4 Å². The van der Waals surface area contributed by atoms with Gasteiger partial charge in [-0.15, -0.1) is 0 Å². The van der Waals surface area contributed by atoms with Crippen LogP contribution in [0.4, 0.5) is 0 Å². The average Bonchev–Trinajstić information content (AvgIpc) is 3.08. The highest BCUT2D eigenvalue weighted by atomic mass is 16.7. The molecule has 0 unspecified atom stereocenters. The summed E-state index contributed by atoms with van der Waals surface area (Å²) in [7, 11) is 3.39. The van der Waals surface area contributed by atoms with Crippen LogP contribution in [0.25, 0.3) is 0 Å². The molecular formula is C38H69NO13. The van der Waals surface area contributed by atoms with Gasteiger partial charge in [-0.1, -0.05) is 34.6 Å². The Morgan fingerprint density at radius 1 is 0.885 bits per heavy atom. The smallest absolute Gasteiger partial charge is 0.311 e. The Bertz CT molecular complexity index is 1190. The molecule has 0 aromatic carbocycles. The number of esters is 1. The molecule has 18 atom stereocenters. The van der Waals surface area contributed by atoms with Gasteiger partial charge >= 0.3 is 5.97 Å². The number of ketones is 1. The molecule has 5 N–H and O–H groups in total. The first-order valence-corrected chi connectivity index (χ1v) is 19.1. The Labute approximate surface area is 310 Å². The van der Waals surface area contributed by atoms with Gasteiger partial charge in [-0.25, -0.2) is 0 Å². The van der Waals surface area contributed by atoms with E-state index < -0.39 is 108 Å². The summed E-state index contributed by atoms with van der Waals surface area (Å²) in [5, 5.41) is 57.8. The minimum absolute atomic E-state index is 0.0941. The van der Waals surface area contributed by atoms with E-state index in [1.54, 1.807) is 41.5 Å². The number of rotatable bonds is 8. The first kappa shape index (κ1) is 45.1. The van der Waals surface area contributed by atoms with E-state index >= 15 is 0 Å². The van der Waals surface area contributed by atoms with E-state index in [2.05, 4.69) is 0 Å². The van der Waals surface area contributed by atoms with Crippen LogP contribution in [0.2, 0.25) is 0 Å². The van der Waals surface area contributed by atoms with Gasteiger partial charge < -0.3 is 58.9 Å². The normalized spacial score (nSPS) is 49.0. The topological polar surface area (TPSA) is 194 Å². The van der Waals surface area contributed by atoms with Crippen molar-refractivity contribution in [3.05, 3.63) is 0 Å². The molecule has 3 fully saturated rings. The van der Waals surface area contributed by atoms with E-state index in [-0.39, 0.29) is 31.4 Å². The Balaban J connectivity index is 2.19. The number of ether oxygens (including phenoxy) is 6. The van der Waals surface area contributed by atoms with Crippen molar-refractivity contribution in [1.29, 1.82) is 0 Å². The van der Waals surface area contributed by atoms with E-state index in [9.17, 15) is 35.1 Å². The van der Waals surface area contributed by atoms with Crippen LogP contribution in [-0.4, -0.2) is 147 Å². The number of methoxy groups -OCH3 is 1. The number of aliphatic hydroxyl groups is 5. The van der Waals surface area contributed by atoms with Gasteiger partial charge in [0.1, 0.15) is 29.7 Å². The minimum atomic E-state index is -2.00. The van der Waals surface area contributed by atoms with Gasteiger partial charge in [0.25, 0.3) is 0 Å². The van der Waals surface area contributed by atoms with Crippen LogP contribution in [0.5, 0.6) is 0 Å². The quantitative estimate of drug-likeness (QED) is 0.227. The second kappa shape index (κ2) is 17.7. The van der Waals surface area contributed by atoms with Crippen molar-refractivity contribution in [1.82, 2.24) is 4.90 Å². The van der Waals surface area contributed by atoms with Crippen LogP contribution < -0.4 is 0 Å². The molecular weight excluding hydrogens is 678 g/mol. The van der Waals surface area contributed by atoms with Crippen molar-refractivity contribution in [2.75, 3.05) is 20.7 Å². The largest absolute Gasteiger partial charge is 0.459 e. The summed E-state index contributed by atoms with van der Waals surface area (Å²) in [4.78, 5) is 30.0. The fourth-order valence-electron chi connectivity index (χ4n) is 8.57. The van der Waals surface area contributed by atoms with Crippen molar-refractivity contribution in [3.8, 4) is 0 Å². The third-order valence-electron chi connectivity index (χ3n) is 12.2. The highest BCUT2D eigenvalue weighted by molar-refractivity contribution is 5.83. The first-order chi connectivity index (χ1) is 24.0. The lowest BCUT2D eigenvalue weighted by Crippen LogP contribution is -2.61. The highest BCUT2D eigenvalue weighted by Crippen LogP contribution is 2.40. The summed E-state index contributed by atoms with van der Waals surface area (Å²) < 4.78 is 37.2. The number of carbonyl (C=O) groups is 2. The van der Waals surface area contributed by atoms with Crippen LogP contribution in [0, 0.1) is 23.7 Å². The van der Waals surface area contributed by atoms with E-state index in [0.717, 1.165) is 0 Å². The second-order valence-corrected chi connectivity index (χ2v) is 16.6. The second-order valence-electron chi connectivity index (χ2n) is 16.6. The lowest BCUT2D eigenvalue weighted by atomic mass is 9.74. The summed E-state index contributed by atoms with van der Waals surface area (Å²) in [5.74, 6) is -4.98. The predicted molar refractivity (Wildman–Crippen MR) is 191 cm³/mol. The number of Topliss-reactive ketones (excluding diaryl/α,β-unsaturated/α-hetero) is 1. The number of hydrogen-bond donors (Lipinski definition) is 5. The van der Waals surface area contributed by atoms with Gasteiger partial charge in [-0.2, -0.15) is 0 Å². The number of likely N-dealkylation sites (N-methyl/N-ethyl adjacent to an activating group) is 1. The fourth-order valence-corrected chi connectivity index (χ4v) is 8.57. The number of nitrogens with zero attached hydrogens (tertiary/aromatic N) is 1. The number of hydrogen-bond acceptors (Lipinski definition) is 14. The van der Waals surface area contributed by atoms with Crippen LogP contribution in [-0.2, 0) is 38.0 Å². The Morgan fingerprint density at radius 2 is 1.50 bits per heavy atom. The number of carbonyl (C=O) groups excluding carboxylic acids is 2. The lowest BCUT2D eigenvalue weighted by Gasteiger charge is -2.49. The van der Waals surface area contributed by atoms with Gasteiger partial charge in [-0.3, -0.25) is 9.59 Å². The molecule has 0 radical (unpaired) electrons.